The summed E-state index contributed by atoms with van der Waals surface area (Å²) in [6.45, 7) is 6.62. The highest BCUT2D eigenvalue weighted by molar-refractivity contribution is 7.89. The van der Waals surface area contributed by atoms with Crippen molar-refractivity contribution in [3.8, 4) is 5.75 Å². The molecule has 0 aromatic heterocycles. The highest BCUT2D eigenvalue weighted by Crippen LogP contribution is 2.31. The molecular formula is C31H52N4O5S. The van der Waals surface area contributed by atoms with Crippen molar-refractivity contribution < 1.29 is 22.7 Å². The largest absolute Gasteiger partial charge is 0.497 e. The number of nitrogens with zero attached hydrogens (tertiary/aromatic N) is 4. The lowest BCUT2D eigenvalue weighted by Crippen LogP contribution is -2.49. The van der Waals surface area contributed by atoms with E-state index in [1.54, 1.807) is 26.0 Å². The van der Waals surface area contributed by atoms with Crippen LogP contribution in [0.4, 0.5) is 0 Å². The Morgan fingerprint density at radius 2 is 1.61 bits per heavy atom. The van der Waals surface area contributed by atoms with Crippen LogP contribution in [0, 0.1) is 19.8 Å². The predicted octanol–water partition coefficient (Wildman–Crippen LogP) is 3.72. The SMILES string of the molecule is COc1cc(C)c(S(=O)(=O)N(C)CC(=O)CCC(=O)N(C)C2CCCC(N3CCC(CCN(C)C)CC3)C2)c(C)c1. The molecule has 1 aliphatic heterocycles. The number of carbonyl (C=O) groups is 2. The Kier molecular flexibility index (Phi) is 12.2. The van der Waals surface area contributed by atoms with Crippen LogP contribution in [0.2, 0.25) is 0 Å². The summed E-state index contributed by atoms with van der Waals surface area (Å²) in [5, 5.41) is 0. The minimum Gasteiger partial charge on any atom is -0.497 e. The third-order valence-corrected chi connectivity index (χ3v) is 11.2. The number of hydrogen-bond acceptors (Lipinski definition) is 7. The van der Waals surface area contributed by atoms with Crippen LogP contribution in [0.1, 0.15) is 68.9 Å². The van der Waals surface area contributed by atoms with E-state index in [9.17, 15) is 18.0 Å². The van der Waals surface area contributed by atoms with Crippen molar-refractivity contribution in [1.82, 2.24) is 19.0 Å². The average Bonchev–Trinajstić information content (AvgIpc) is 2.94. The van der Waals surface area contributed by atoms with E-state index in [1.165, 1.54) is 39.8 Å². The van der Waals surface area contributed by atoms with E-state index in [1.807, 2.05) is 11.9 Å². The van der Waals surface area contributed by atoms with Crippen LogP contribution in [0.5, 0.6) is 5.75 Å². The van der Waals surface area contributed by atoms with E-state index < -0.39 is 10.0 Å². The summed E-state index contributed by atoms with van der Waals surface area (Å²) in [5.74, 6) is 1.09. The van der Waals surface area contributed by atoms with Gasteiger partial charge < -0.3 is 19.4 Å². The van der Waals surface area contributed by atoms with Gasteiger partial charge in [-0.1, -0.05) is 0 Å². The van der Waals surface area contributed by atoms with Gasteiger partial charge in [0, 0.05) is 39.0 Å². The standard InChI is InChI=1S/C31H52N4O5S/c1-23-19-29(40-7)20-24(2)31(23)41(38,39)33(5)22-28(36)11-12-30(37)34(6)26-9-8-10-27(21-26)35-17-14-25(15-18-35)13-16-32(3)4/h19-20,25-27H,8-18,21-22H2,1-7H3. The highest BCUT2D eigenvalue weighted by Gasteiger charge is 2.33. The minimum atomic E-state index is -3.87. The summed E-state index contributed by atoms with van der Waals surface area (Å²) in [4.78, 5) is 32.8. The van der Waals surface area contributed by atoms with Crippen LogP contribution in [-0.2, 0) is 19.6 Å². The molecule has 2 unspecified atom stereocenters. The second-order valence-corrected chi connectivity index (χ2v) is 14.4. The summed E-state index contributed by atoms with van der Waals surface area (Å²) < 4.78 is 32.8. The molecule has 2 fully saturated rings. The Hall–Kier alpha value is -2.01. The van der Waals surface area contributed by atoms with Gasteiger partial charge in [0.1, 0.15) is 11.5 Å². The first-order chi connectivity index (χ1) is 19.3. The molecule has 1 heterocycles. The highest BCUT2D eigenvalue weighted by atomic mass is 32.2. The number of likely N-dealkylation sites (N-methyl/N-ethyl adjacent to an activating group) is 1. The lowest BCUT2D eigenvalue weighted by molar-refractivity contribution is -0.134. The molecule has 2 aliphatic rings. The second kappa shape index (κ2) is 14.9. The molecule has 1 saturated carbocycles. The first-order valence-corrected chi connectivity index (χ1v) is 16.5. The van der Waals surface area contributed by atoms with Crippen LogP contribution >= 0.6 is 0 Å². The molecule has 0 bridgehead atoms. The number of benzene rings is 1. The Labute approximate surface area is 248 Å². The van der Waals surface area contributed by atoms with E-state index >= 15 is 0 Å². The van der Waals surface area contributed by atoms with Crippen molar-refractivity contribution >= 4 is 21.7 Å². The van der Waals surface area contributed by atoms with Crippen molar-refractivity contribution in [2.45, 2.75) is 88.6 Å². The lowest BCUT2D eigenvalue weighted by atomic mass is 9.86. The Balaban J connectivity index is 1.47. The van der Waals surface area contributed by atoms with Crippen LogP contribution in [-0.4, -0.2) is 113 Å². The summed E-state index contributed by atoms with van der Waals surface area (Å²) in [5.41, 5.74) is 1.13. The maximum atomic E-state index is 13.3. The summed E-state index contributed by atoms with van der Waals surface area (Å²) >= 11 is 0. The molecule has 10 heteroatoms. The zero-order valence-corrected chi connectivity index (χ0v) is 27.1. The molecule has 232 valence electrons. The summed E-state index contributed by atoms with van der Waals surface area (Å²) in [6.07, 6.45) is 8.19. The topological polar surface area (TPSA) is 90.5 Å². The van der Waals surface area contributed by atoms with Crippen molar-refractivity contribution in [1.29, 1.82) is 0 Å². The van der Waals surface area contributed by atoms with E-state index in [2.05, 4.69) is 23.9 Å². The van der Waals surface area contributed by atoms with Gasteiger partial charge in [-0.05, 0) is 122 Å². The fourth-order valence-corrected chi connectivity index (χ4v) is 8.06. The summed E-state index contributed by atoms with van der Waals surface area (Å²) in [7, 11) is 5.22. The quantitative estimate of drug-likeness (QED) is 0.345. The van der Waals surface area contributed by atoms with Crippen molar-refractivity contribution in [2.75, 3.05) is 61.5 Å². The number of amides is 1. The number of hydrogen-bond donors (Lipinski definition) is 0. The normalized spacial score (nSPS) is 20.9. The average molecular weight is 593 g/mol. The number of rotatable bonds is 13. The van der Waals surface area contributed by atoms with Crippen molar-refractivity contribution in [3.05, 3.63) is 23.3 Å². The van der Waals surface area contributed by atoms with Crippen LogP contribution in [0.15, 0.2) is 17.0 Å². The number of ether oxygens (including phenoxy) is 1. The molecule has 1 amide bonds. The third kappa shape index (κ3) is 8.99. The lowest BCUT2D eigenvalue weighted by Gasteiger charge is -2.43. The Morgan fingerprint density at radius 3 is 2.20 bits per heavy atom. The molecule has 2 atom stereocenters. The van der Waals surface area contributed by atoms with Gasteiger partial charge in [0.05, 0.1) is 18.6 Å². The van der Waals surface area contributed by atoms with Gasteiger partial charge in [-0.2, -0.15) is 4.31 Å². The zero-order valence-electron chi connectivity index (χ0n) is 26.3. The number of sulfonamides is 1. The molecule has 1 aliphatic carbocycles. The van der Waals surface area contributed by atoms with E-state index in [4.69, 9.17) is 4.74 Å². The molecule has 1 aromatic carbocycles. The molecule has 0 radical (unpaired) electrons. The van der Waals surface area contributed by atoms with Gasteiger partial charge in [0.15, 0.2) is 0 Å². The zero-order chi connectivity index (χ0) is 30.3. The maximum absolute atomic E-state index is 13.3. The molecule has 0 spiro atoms. The number of likely N-dealkylation sites (tertiary alicyclic amines) is 1. The molecular weight excluding hydrogens is 540 g/mol. The van der Waals surface area contributed by atoms with Crippen molar-refractivity contribution in [2.24, 2.45) is 5.92 Å². The fraction of sp³-hybridized carbons (Fsp3) is 0.742. The predicted molar refractivity (Wildman–Crippen MR) is 163 cm³/mol. The molecule has 3 rings (SSSR count). The van der Waals surface area contributed by atoms with Crippen LogP contribution < -0.4 is 4.74 Å². The molecule has 0 N–H and O–H groups in total. The second-order valence-electron chi connectivity index (χ2n) is 12.4. The third-order valence-electron chi connectivity index (χ3n) is 9.06. The monoisotopic (exact) mass is 592 g/mol. The fourth-order valence-electron chi connectivity index (χ4n) is 6.50. The van der Waals surface area contributed by atoms with Gasteiger partial charge in [-0.25, -0.2) is 8.42 Å². The number of piperidine rings is 1. The van der Waals surface area contributed by atoms with Crippen molar-refractivity contribution in [3.63, 3.8) is 0 Å². The first kappa shape index (κ1) is 33.5. The first-order valence-electron chi connectivity index (χ1n) is 15.1. The van der Waals surface area contributed by atoms with Crippen LogP contribution in [0.25, 0.3) is 0 Å². The summed E-state index contributed by atoms with van der Waals surface area (Å²) in [6, 6.07) is 4.05. The van der Waals surface area contributed by atoms with E-state index in [0.29, 0.717) is 22.9 Å². The van der Waals surface area contributed by atoms with Gasteiger partial charge in [0.2, 0.25) is 15.9 Å². The maximum Gasteiger partial charge on any atom is 0.243 e. The minimum absolute atomic E-state index is 0.0280. The molecule has 1 saturated heterocycles. The molecule has 41 heavy (non-hydrogen) atoms. The van der Waals surface area contributed by atoms with Crippen LogP contribution in [0.3, 0.4) is 0 Å². The van der Waals surface area contributed by atoms with Gasteiger partial charge in [-0.15, -0.1) is 0 Å². The Bertz CT molecular complexity index is 1120. The number of ketones is 1. The van der Waals surface area contributed by atoms with Gasteiger partial charge in [0.25, 0.3) is 0 Å². The molecule has 1 aromatic rings. The van der Waals surface area contributed by atoms with Gasteiger partial charge >= 0.3 is 0 Å². The molecule has 9 nitrogen and oxygen atoms in total. The number of Topliss-reactive ketones (excluding diaryl/α,β-unsaturated/α-hetero) is 1. The smallest absolute Gasteiger partial charge is 0.243 e. The van der Waals surface area contributed by atoms with E-state index in [0.717, 1.165) is 49.1 Å². The number of aryl methyl sites for hydroxylation is 2. The van der Waals surface area contributed by atoms with Gasteiger partial charge in [-0.3, -0.25) is 9.59 Å². The van der Waals surface area contributed by atoms with E-state index in [-0.39, 0.29) is 42.0 Å². The number of carbonyl (C=O) groups excluding carboxylic acids is 2. The Morgan fingerprint density at radius 1 is 0.976 bits per heavy atom. The number of methoxy groups -OCH3 is 1.